The number of rotatable bonds is 4. The third-order valence-electron chi connectivity index (χ3n) is 3.65. The molecule has 1 aromatic heterocycles. The zero-order valence-corrected chi connectivity index (χ0v) is 9.73. The normalized spacial score (nSPS) is 20.4. The molecule has 1 unspecified atom stereocenters. The first-order valence-corrected chi connectivity index (χ1v) is 5.60. The highest BCUT2D eigenvalue weighted by Gasteiger charge is 2.52. The van der Waals surface area contributed by atoms with Crippen molar-refractivity contribution in [1.29, 1.82) is 0 Å². The van der Waals surface area contributed by atoms with Crippen molar-refractivity contribution in [1.82, 2.24) is 9.88 Å². The summed E-state index contributed by atoms with van der Waals surface area (Å²) in [7, 11) is 3.89. The monoisotopic (exact) mass is 222 g/mol. The summed E-state index contributed by atoms with van der Waals surface area (Å²) in [6, 6.07) is 1.93. The molecular weight excluding hydrogens is 204 g/mol. The Morgan fingerprint density at radius 2 is 2.25 bits per heavy atom. The van der Waals surface area contributed by atoms with Gasteiger partial charge in [0.05, 0.1) is 11.5 Å². The zero-order chi connectivity index (χ0) is 11.8. The predicted molar refractivity (Wildman–Crippen MR) is 61.1 cm³/mol. The molecule has 1 aliphatic carbocycles. The van der Waals surface area contributed by atoms with Gasteiger partial charge in [-0.15, -0.1) is 0 Å². The van der Waals surface area contributed by atoms with E-state index in [1.54, 1.807) is 0 Å². The lowest BCUT2D eigenvalue weighted by Crippen LogP contribution is -2.48. The number of aliphatic carboxylic acids is 1. The Kier molecular flexibility index (Phi) is 2.76. The Hall–Kier alpha value is -1.29. The largest absolute Gasteiger partial charge is 0.481 e. The lowest BCUT2D eigenvalue weighted by atomic mass is 9.62. The summed E-state index contributed by atoms with van der Waals surface area (Å²) >= 11 is 0. The number of hydrogen-bond donors (Lipinski definition) is 2. The predicted octanol–water partition coefficient (Wildman–Crippen LogP) is 1.87. The molecule has 1 fully saturated rings. The number of carboxylic acids is 1. The molecule has 1 heterocycles. The third kappa shape index (κ3) is 1.53. The molecule has 1 saturated carbocycles. The van der Waals surface area contributed by atoms with Gasteiger partial charge in [0.1, 0.15) is 0 Å². The van der Waals surface area contributed by atoms with E-state index >= 15 is 0 Å². The van der Waals surface area contributed by atoms with Crippen LogP contribution in [0.1, 0.15) is 30.9 Å². The SMILES string of the molecule is CN(C)C(c1cc[nH]c1)C1(C(=O)O)CCC1. The van der Waals surface area contributed by atoms with E-state index in [-0.39, 0.29) is 6.04 Å². The van der Waals surface area contributed by atoms with Crippen LogP contribution in [0.15, 0.2) is 18.5 Å². The van der Waals surface area contributed by atoms with E-state index < -0.39 is 11.4 Å². The lowest BCUT2D eigenvalue weighted by molar-refractivity contribution is -0.161. The minimum Gasteiger partial charge on any atom is -0.481 e. The molecule has 0 amide bonds. The van der Waals surface area contributed by atoms with E-state index in [0.29, 0.717) is 0 Å². The molecule has 0 bridgehead atoms. The number of carbonyl (C=O) groups is 1. The van der Waals surface area contributed by atoms with E-state index in [9.17, 15) is 9.90 Å². The number of nitrogens with zero attached hydrogens (tertiary/aromatic N) is 1. The second-order valence-electron chi connectivity index (χ2n) is 4.83. The fourth-order valence-corrected chi connectivity index (χ4v) is 2.78. The van der Waals surface area contributed by atoms with Gasteiger partial charge in [-0.05, 0) is 38.6 Å². The minimum absolute atomic E-state index is 0.0370. The van der Waals surface area contributed by atoms with Crippen molar-refractivity contribution >= 4 is 5.97 Å². The van der Waals surface area contributed by atoms with Gasteiger partial charge in [-0.25, -0.2) is 0 Å². The number of aromatic nitrogens is 1. The molecule has 0 spiro atoms. The standard InChI is InChI=1S/C12H18N2O2/c1-14(2)10(9-4-7-13-8-9)12(11(15)16)5-3-6-12/h4,7-8,10,13H,3,5-6H2,1-2H3,(H,15,16). The highest BCUT2D eigenvalue weighted by molar-refractivity contribution is 5.77. The van der Waals surface area contributed by atoms with Crippen LogP contribution >= 0.6 is 0 Å². The Balaban J connectivity index is 2.36. The first-order chi connectivity index (χ1) is 7.58. The second-order valence-corrected chi connectivity index (χ2v) is 4.83. The van der Waals surface area contributed by atoms with Gasteiger partial charge in [0.2, 0.25) is 0 Å². The summed E-state index contributed by atoms with van der Waals surface area (Å²) in [6.45, 7) is 0. The molecule has 2 rings (SSSR count). The van der Waals surface area contributed by atoms with Crippen molar-refractivity contribution in [2.24, 2.45) is 5.41 Å². The molecular formula is C12H18N2O2. The van der Waals surface area contributed by atoms with Crippen LogP contribution in [0.4, 0.5) is 0 Å². The molecule has 4 nitrogen and oxygen atoms in total. The molecule has 1 aromatic rings. The third-order valence-corrected chi connectivity index (χ3v) is 3.65. The maximum absolute atomic E-state index is 11.5. The summed E-state index contributed by atoms with van der Waals surface area (Å²) in [5, 5.41) is 9.47. The van der Waals surface area contributed by atoms with Crippen LogP contribution in [0.5, 0.6) is 0 Å². The highest BCUT2D eigenvalue weighted by Crippen LogP contribution is 2.52. The van der Waals surface area contributed by atoms with E-state index in [0.717, 1.165) is 24.8 Å². The summed E-state index contributed by atoms with van der Waals surface area (Å²) in [5.41, 5.74) is 0.471. The van der Waals surface area contributed by atoms with Crippen LogP contribution < -0.4 is 0 Å². The first kappa shape index (κ1) is 11.2. The minimum atomic E-state index is -0.668. The molecule has 0 aliphatic heterocycles. The molecule has 0 aromatic carbocycles. The van der Waals surface area contributed by atoms with E-state index in [2.05, 4.69) is 4.98 Å². The molecule has 0 saturated heterocycles. The van der Waals surface area contributed by atoms with Crippen molar-refractivity contribution in [3.63, 3.8) is 0 Å². The van der Waals surface area contributed by atoms with Crippen molar-refractivity contribution in [3.8, 4) is 0 Å². The van der Waals surface area contributed by atoms with E-state index in [4.69, 9.17) is 0 Å². The summed E-state index contributed by atoms with van der Waals surface area (Å²) in [6.07, 6.45) is 6.31. The quantitative estimate of drug-likeness (QED) is 0.817. The molecule has 0 radical (unpaired) electrons. The molecule has 4 heteroatoms. The topological polar surface area (TPSA) is 56.3 Å². The number of hydrogen-bond acceptors (Lipinski definition) is 2. The van der Waals surface area contributed by atoms with Gasteiger partial charge in [0, 0.05) is 12.4 Å². The van der Waals surface area contributed by atoms with E-state index in [1.165, 1.54) is 0 Å². The van der Waals surface area contributed by atoms with Crippen LogP contribution in [0.3, 0.4) is 0 Å². The smallest absolute Gasteiger partial charge is 0.311 e. The average Bonchev–Trinajstić information content (AvgIpc) is 2.61. The summed E-state index contributed by atoms with van der Waals surface area (Å²) < 4.78 is 0. The van der Waals surface area contributed by atoms with Crippen LogP contribution in [0, 0.1) is 5.41 Å². The summed E-state index contributed by atoms with van der Waals surface area (Å²) in [5.74, 6) is -0.668. The molecule has 16 heavy (non-hydrogen) atoms. The van der Waals surface area contributed by atoms with Gasteiger partial charge in [-0.1, -0.05) is 6.42 Å². The first-order valence-electron chi connectivity index (χ1n) is 5.60. The van der Waals surface area contributed by atoms with E-state index in [1.807, 2.05) is 37.5 Å². The molecule has 1 aliphatic rings. The van der Waals surface area contributed by atoms with Crippen molar-refractivity contribution < 1.29 is 9.90 Å². The lowest BCUT2D eigenvalue weighted by Gasteiger charge is -2.46. The Bertz CT molecular complexity index is 366. The number of H-pyrrole nitrogens is 1. The second kappa shape index (κ2) is 3.94. The van der Waals surface area contributed by atoms with Crippen LogP contribution in [-0.4, -0.2) is 35.1 Å². The van der Waals surface area contributed by atoms with Crippen molar-refractivity contribution in [2.75, 3.05) is 14.1 Å². The van der Waals surface area contributed by atoms with Gasteiger partial charge < -0.3 is 15.0 Å². The number of carboxylic acid groups (broad SMARTS) is 1. The van der Waals surface area contributed by atoms with Gasteiger partial charge in [0.15, 0.2) is 0 Å². The number of aromatic amines is 1. The Morgan fingerprint density at radius 3 is 2.56 bits per heavy atom. The fourth-order valence-electron chi connectivity index (χ4n) is 2.78. The maximum Gasteiger partial charge on any atom is 0.311 e. The zero-order valence-electron chi connectivity index (χ0n) is 9.73. The van der Waals surface area contributed by atoms with Crippen molar-refractivity contribution in [3.05, 3.63) is 24.0 Å². The fraction of sp³-hybridized carbons (Fsp3) is 0.583. The van der Waals surface area contributed by atoms with Crippen molar-refractivity contribution in [2.45, 2.75) is 25.3 Å². The van der Waals surface area contributed by atoms with Gasteiger partial charge >= 0.3 is 5.97 Å². The highest BCUT2D eigenvalue weighted by atomic mass is 16.4. The maximum atomic E-state index is 11.5. The van der Waals surface area contributed by atoms with Crippen LogP contribution in [0.25, 0.3) is 0 Å². The van der Waals surface area contributed by atoms with Crippen LogP contribution in [-0.2, 0) is 4.79 Å². The van der Waals surface area contributed by atoms with Crippen LogP contribution in [0.2, 0.25) is 0 Å². The molecule has 88 valence electrons. The Labute approximate surface area is 95.3 Å². The Morgan fingerprint density at radius 1 is 1.56 bits per heavy atom. The van der Waals surface area contributed by atoms with Gasteiger partial charge in [0.25, 0.3) is 0 Å². The molecule has 1 atom stereocenters. The number of nitrogens with one attached hydrogen (secondary N) is 1. The van der Waals surface area contributed by atoms with Gasteiger partial charge in [-0.2, -0.15) is 0 Å². The van der Waals surface area contributed by atoms with Gasteiger partial charge in [-0.3, -0.25) is 4.79 Å². The molecule has 2 N–H and O–H groups in total. The average molecular weight is 222 g/mol. The summed E-state index contributed by atoms with van der Waals surface area (Å²) in [4.78, 5) is 16.5.